The number of rotatable bonds is 4. The monoisotopic (exact) mass is 344 g/mol. The van der Waals surface area contributed by atoms with Gasteiger partial charge in [-0.2, -0.15) is 0 Å². The van der Waals surface area contributed by atoms with Crippen LogP contribution in [-0.4, -0.2) is 22.4 Å². The minimum absolute atomic E-state index is 0.0252. The first-order chi connectivity index (χ1) is 12.7. The van der Waals surface area contributed by atoms with Gasteiger partial charge in [-0.3, -0.25) is 9.78 Å². The molecule has 4 rings (SSSR count). The molecule has 1 aliphatic rings. The van der Waals surface area contributed by atoms with Crippen LogP contribution in [0.3, 0.4) is 0 Å². The van der Waals surface area contributed by atoms with Crippen molar-refractivity contribution in [1.82, 2.24) is 9.97 Å². The number of carbonyl (C=O) groups excluding carboxylic acids is 1. The highest BCUT2D eigenvalue weighted by Gasteiger charge is 2.26. The van der Waals surface area contributed by atoms with Crippen molar-refractivity contribution in [2.45, 2.75) is 19.9 Å². The summed E-state index contributed by atoms with van der Waals surface area (Å²) in [5.74, 6) is 0.563. The third kappa shape index (κ3) is 3.16. The Kier molecular flexibility index (Phi) is 4.35. The smallest absolute Gasteiger partial charge is 0.262 e. The maximum atomic E-state index is 13.1. The summed E-state index contributed by atoms with van der Waals surface area (Å²) in [5, 5.41) is 3.26. The summed E-state index contributed by atoms with van der Waals surface area (Å²) in [7, 11) is 0. The van der Waals surface area contributed by atoms with Crippen LogP contribution in [0.2, 0.25) is 0 Å². The number of carbonyl (C=O) groups is 1. The Bertz CT molecular complexity index is 954. The van der Waals surface area contributed by atoms with Crippen molar-refractivity contribution >= 4 is 17.4 Å². The number of para-hydroxylation sites is 1. The van der Waals surface area contributed by atoms with E-state index in [1.165, 1.54) is 5.56 Å². The number of nitrogens with one attached hydrogen (secondary N) is 1. The third-order valence-corrected chi connectivity index (χ3v) is 4.55. The van der Waals surface area contributed by atoms with Crippen molar-refractivity contribution in [3.05, 3.63) is 83.3 Å². The van der Waals surface area contributed by atoms with Crippen LogP contribution < -0.4 is 10.2 Å². The second-order valence-electron chi connectivity index (χ2n) is 6.36. The number of fused-ring (bicyclic) bond motifs is 1. The zero-order valence-corrected chi connectivity index (χ0v) is 14.6. The van der Waals surface area contributed by atoms with Crippen LogP contribution in [0.1, 0.15) is 27.3 Å². The van der Waals surface area contributed by atoms with Gasteiger partial charge in [0.25, 0.3) is 5.91 Å². The van der Waals surface area contributed by atoms with Crippen molar-refractivity contribution < 1.29 is 4.79 Å². The van der Waals surface area contributed by atoms with E-state index in [4.69, 9.17) is 0 Å². The summed E-state index contributed by atoms with van der Waals surface area (Å²) in [6, 6.07) is 17.6. The molecule has 1 N–H and O–H groups in total. The van der Waals surface area contributed by atoms with Gasteiger partial charge >= 0.3 is 0 Å². The predicted octanol–water partition coefficient (Wildman–Crippen LogP) is 3.60. The Hall–Kier alpha value is -3.21. The van der Waals surface area contributed by atoms with Gasteiger partial charge in [-0.05, 0) is 49.2 Å². The summed E-state index contributed by atoms with van der Waals surface area (Å²) in [6.07, 6.45) is 2.58. The maximum absolute atomic E-state index is 13.1. The van der Waals surface area contributed by atoms with Crippen molar-refractivity contribution in [3.63, 3.8) is 0 Å². The van der Waals surface area contributed by atoms with Crippen LogP contribution in [-0.2, 0) is 13.0 Å². The lowest BCUT2D eigenvalue weighted by Gasteiger charge is -2.19. The highest BCUT2D eigenvalue weighted by molar-refractivity contribution is 6.10. The normalized spacial score (nSPS) is 12.7. The second-order valence-corrected chi connectivity index (χ2v) is 6.36. The zero-order chi connectivity index (χ0) is 17.9. The lowest BCUT2D eigenvalue weighted by atomic mass is 10.1. The van der Waals surface area contributed by atoms with E-state index in [2.05, 4.69) is 21.4 Å². The predicted molar refractivity (Wildman–Crippen MR) is 102 cm³/mol. The average molecular weight is 344 g/mol. The summed E-state index contributed by atoms with van der Waals surface area (Å²) in [4.78, 5) is 23.8. The van der Waals surface area contributed by atoms with Gasteiger partial charge in [0.15, 0.2) is 0 Å². The van der Waals surface area contributed by atoms with Gasteiger partial charge in [0.1, 0.15) is 5.82 Å². The van der Waals surface area contributed by atoms with Crippen LogP contribution in [0.25, 0.3) is 0 Å². The quantitative estimate of drug-likeness (QED) is 0.786. The molecule has 3 aromatic rings. The first-order valence-electron chi connectivity index (χ1n) is 8.73. The number of amides is 1. The van der Waals surface area contributed by atoms with Gasteiger partial charge in [0, 0.05) is 24.1 Å². The van der Waals surface area contributed by atoms with E-state index in [1.807, 2.05) is 54.3 Å². The van der Waals surface area contributed by atoms with Gasteiger partial charge < -0.3 is 10.2 Å². The molecule has 0 fully saturated rings. The molecule has 1 amide bonds. The first kappa shape index (κ1) is 16.3. The molecule has 0 saturated carbocycles. The Morgan fingerprint density at radius 2 is 2.00 bits per heavy atom. The fourth-order valence-corrected chi connectivity index (χ4v) is 3.29. The van der Waals surface area contributed by atoms with Gasteiger partial charge in [-0.15, -0.1) is 0 Å². The molecule has 1 aliphatic heterocycles. The van der Waals surface area contributed by atoms with Gasteiger partial charge in [0.2, 0.25) is 0 Å². The van der Waals surface area contributed by atoms with Crippen LogP contribution in [0.4, 0.5) is 11.5 Å². The fourth-order valence-electron chi connectivity index (χ4n) is 3.29. The molecule has 0 spiro atoms. The van der Waals surface area contributed by atoms with E-state index in [9.17, 15) is 4.79 Å². The first-order valence-corrected chi connectivity index (χ1v) is 8.73. The molecule has 2 aromatic heterocycles. The molecule has 5 nitrogen and oxygen atoms in total. The number of aryl methyl sites for hydroxylation is 1. The number of hydrogen-bond acceptors (Lipinski definition) is 4. The number of aromatic nitrogens is 2. The minimum Gasteiger partial charge on any atom is -0.364 e. The molecule has 0 unspecified atom stereocenters. The van der Waals surface area contributed by atoms with Crippen LogP contribution in [0.15, 0.2) is 60.8 Å². The third-order valence-electron chi connectivity index (χ3n) is 4.55. The number of benzene rings is 1. The van der Waals surface area contributed by atoms with E-state index in [0.717, 1.165) is 23.5 Å². The summed E-state index contributed by atoms with van der Waals surface area (Å²) in [6.45, 7) is 3.19. The Balaban J connectivity index is 1.57. The molecular formula is C21H20N4O. The van der Waals surface area contributed by atoms with Crippen LogP contribution >= 0.6 is 0 Å². The van der Waals surface area contributed by atoms with E-state index in [1.54, 1.807) is 12.3 Å². The van der Waals surface area contributed by atoms with Crippen molar-refractivity contribution in [2.75, 3.05) is 16.8 Å². The summed E-state index contributed by atoms with van der Waals surface area (Å²) >= 11 is 0. The van der Waals surface area contributed by atoms with Crippen molar-refractivity contribution in [1.29, 1.82) is 0 Å². The van der Waals surface area contributed by atoms with E-state index >= 15 is 0 Å². The van der Waals surface area contributed by atoms with Crippen LogP contribution in [0, 0.1) is 6.92 Å². The fraction of sp³-hybridized carbons (Fsp3) is 0.190. The standard InChI is InChI=1S/C21H20N4O/c1-15-6-4-8-17(24-15)14-23-20-18(9-5-12-22-20)21(26)25-13-11-16-7-2-3-10-19(16)25/h2-10,12H,11,13-14H2,1H3,(H,22,23). The Morgan fingerprint density at radius 1 is 1.12 bits per heavy atom. The molecule has 0 atom stereocenters. The largest absolute Gasteiger partial charge is 0.364 e. The van der Waals surface area contributed by atoms with E-state index < -0.39 is 0 Å². The summed E-state index contributed by atoms with van der Waals surface area (Å²) < 4.78 is 0. The number of hydrogen-bond donors (Lipinski definition) is 1. The molecule has 5 heteroatoms. The Labute approximate surface area is 152 Å². The molecule has 130 valence electrons. The lowest BCUT2D eigenvalue weighted by Crippen LogP contribution is -2.29. The molecule has 3 heterocycles. The number of pyridine rings is 2. The summed E-state index contributed by atoms with van der Waals surface area (Å²) in [5.41, 5.74) is 4.67. The Morgan fingerprint density at radius 3 is 2.88 bits per heavy atom. The molecule has 1 aromatic carbocycles. The number of anilines is 2. The highest BCUT2D eigenvalue weighted by Crippen LogP contribution is 2.29. The van der Waals surface area contributed by atoms with Gasteiger partial charge in [-0.25, -0.2) is 4.98 Å². The zero-order valence-electron chi connectivity index (χ0n) is 14.6. The lowest BCUT2D eigenvalue weighted by molar-refractivity contribution is 0.0990. The minimum atomic E-state index is -0.0252. The van der Waals surface area contributed by atoms with Gasteiger partial charge in [-0.1, -0.05) is 24.3 Å². The van der Waals surface area contributed by atoms with Gasteiger partial charge in [0.05, 0.1) is 17.8 Å². The number of nitrogens with zero attached hydrogens (tertiary/aromatic N) is 3. The van der Waals surface area contributed by atoms with Crippen molar-refractivity contribution in [3.8, 4) is 0 Å². The molecule has 0 bridgehead atoms. The maximum Gasteiger partial charge on any atom is 0.262 e. The highest BCUT2D eigenvalue weighted by atomic mass is 16.2. The molecular weight excluding hydrogens is 324 g/mol. The molecule has 26 heavy (non-hydrogen) atoms. The van der Waals surface area contributed by atoms with E-state index in [-0.39, 0.29) is 5.91 Å². The van der Waals surface area contributed by atoms with Crippen molar-refractivity contribution in [2.24, 2.45) is 0 Å². The van der Waals surface area contributed by atoms with E-state index in [0.29, 0.717) is 24.5 Å². The SMILES string of the molecule is Cc1cccc(CNc2ncccc2C(=O)N2CCc3ccccc32)n1. The second kappa shape index (κ2) is 6.96. The molecule has 0 aliphatic carbocycles. The molecule has 0 saturated heterocycles. The topological polar surface area (TPSA) is 58.1 Å². The molecule has 0 radical (unpaired) electrons. The average Bonchev–Trinajstić information content (AvgIpc) is 3.10. The van der Waals surface area contributed by atoms with Crippen LogP contribution in [0.5, 0.6) is 0 Å².